The number of rotatable bonds is 5. The van der Waals surface area contributed by atoms with Gasteiger partial charge in [0.2, 0.25) is 0 Å². The van der Waals surface area contributed by atoms with Crippen molar-refractivity contribution in [2.75, 3.05) is 6.54 Å². The second-order valence-corrected chi connectivity index (χ2v) is 5.59. The van der Waals surface area contributed by atoms with Crippen molar-refractivity contribution in [1.82, 2.24) is 15.0 Å². The zero-order chi connectivity index (χ0) is 14.8. The van der Waals surface area contributed by atoms with E-state index in [1.165, 1.54) is 10.9 Å². The summed E-state index contributed by atoms with van der Waals surface area (Å²) in [6, 6.07) is 7.97. The quantitative estimate of drug-likeness (QED) is 0.780. The summed E-state index contributed by atoms with van der Waals surface area (Å²) in [5, 5.41) is 9.41. The lowest BCUT2D eigenvalue weighted by Crippen LogP contribution is -2.11. The third kappa shape index (κ3) is 2.96. The molecule has 2 heterocycles. The SMILES string of the molecule is CCNCc1cn(Cc2cc(C)on2)c2cc(Cl)ccc12. The summed E-state index contributed by atoms with van der Waals surface area (Å²) >= 11 is 6.15. The van der Waals surface area contributed by atoms with E-state index in [-0.39, 0.29) is 0 Å². The van der Waals surface area contributed by atoms with Gasteiger partial charge in [0.15, 0.2) is 0 Å². The van der Waals surface area contributed by atoms with Gasteiger partial charge in [-0.2, -0.15) is 0 Å². The highest BCUT2D eigenvalue weighted by atomic mass is 35.5. The minimum atomic E-state index is 0.681. The summed E-state index contributed by atoms with van der Waals surface area (Å²) in [6.07, 6.45) is 2.16. The summed E-state index contributed by atoms with van der Waals surface area (Å²) in [5.41, 5.74) is 3.30. The molecule has 3 aromatic rings. The number of benzene rings is 1. The van der Waals surface area contributed by atoms with E-state index in [1.807, 2.05) is 25.1 Å². The molecule has 21 heavy (non-hydrogen) atoms. The molecule has 0 saturated carbocycles. The van der Waals surface area contributed by atoms with E-state index < -0.39 is 0 Å². The summed E-state index contributed by atoms with van der Waals surface area (Å²) in [4.78, 5) is 0. The third-order valence-electron chi connectivity index (χ3n) is 3.50. The van der Waals surface area contributed by atoms with Gasteiger partial charge < -0.3 is 14.4 Å². The van der Waals surface area contributed by atoms with Crippen molar-refractivity contribution in [2.24, 2.45) is 0 Å². The first-order valence-electron chi connectivity index (χ1n) is 7.07. The van der Waals surface area contributed by atoms with Crippen molar-refractivity contribution in [3.63, 3.8) is 0 Å². The van der Waals surface area contributed by atoms with E-state index in [9.17, 15) is 0 Å². The molecular formula is C16H18ClN3O. The molecule has 0 unspecified atom stereocenters. The smallest absolute Gasteiger partial charge is 0.133 e. The predicted molar refractivity (Wildman–Crippen MR) is 84.7 cm³/mol. The van der Waals surface area contributed by atoms with E-state index in [2.05, 4.69) is 34.2 Å². The van der Waals surface area contributed by atoms with Crippen molar-refractivity contribution in [3.8, 4) is 0 Å². The van der Waals surface area contributed by atoms with Gasteiger partial charge in [-0.25, -0.2) is 0 Å². The average Bonchev–Trinajstić information content (AvgIpc) is 3.01. The second kappa shape index (κ2) is 5.92. The summed E-state index contributed by atoms with van der Waals surface area (Å²) in [7, 11) is 0. The maximum Gasteiger partial charge on any atom is 0.133 e. The molecule has 1 N–H and O–H groups in total. The van der Waals surface area contributed by atoms with Crippen LogP contribution in [-0.2, 0) is 13.1 Å². The Labute approximate surface area is 128 Å². The molecule has 0 radical (unpaired) electrons. The molecule has 0 aliphatic carbocycles. The molecule has 0 atom stereocenters. The van der Waals surface area contributed by atoms with Crippen LogP contribution in [0.2, 0.25) is 5.02 Å². The van der Waals surface area contributed by atoms with Crippen LogP contribution >= 0.6 is 11.6 Å². The maximum absolute atomic E-state index is 6.15. The minimum absolute atomic E-state index is 0.681. The molecule has 0 spiro atoms. The Bertz CT molecular complexity index is 760. The summed E-state index contributed by atoms with van der Waals surface area (Å²) in [5.74, 6) is 0.826. The molecule has 110 valence electrons. The maximum atomic E-state index is 6.15. The molecule has 5 heteroatoms. The first-order valence-corrected chi connectivity index (χ1v) is 7.45. The Morgan fingerprint density at radius 3 is 2.90 bits per heavy atom. The van der Waals surface area contributed by atoms with Gasteiger partial charge in [0.25, 0.3) is 0 Å². The van der Waals surface area contributed by atoms with Crippen LogP contribution < -0.4 is 5.32 Å². The fourth-order valence-corrected chi connectivity index (χ4v) is 2.71. The van der Waals surface area contributed by atoms with Crippen LogP contribution in [0.3, 0.4) is 0 Å². The van der Waals surface area contributed by atoms with Crippen LogP contribution in [0.4, 0.5) is 0 Å². The first kappa shape index (κ1) is 14.2. The Morgan fingerprint density at radius 2 is 2.19 bits per heavy atom. The molecule has 2 aromatic heterocycles. The number of fused-ring (bicyclic) bond motifs is 1. The van der Waals surface area contributed by atoms with Gasteiger partial charge in [0.1, 0.15) is 11.5 Å². The minimum Gasteiger partial charge on any atom is -0.361 e. The molecular weight excluding hydrogens is 286 g/mol. The van der Waals surface area contributed by atoms with Gasteiger partial charge in [-0.3, -0.25) is 0 Å². The highest BCUT2D eigenvalue weighted by Gasteiger charge is 2.10. The molecule has 0 aliphatic rings. The molecule has 0 saturated heterocycles. The molecule has 3 rings (SSSR count). The lowest BCUT2D eigenvalue weighted by molar-refractivity contribution is 0.389. The first-order chi connectivity index (χ1) is 10.2. The lowest BCUT2D eigenvalue weighted by Gasteiger charge is -2.02. The molecule has 4 nitrogen and oxygen atoms in total. The van der Waals surface area contributed by atoms with Gasteiger partial charge in [-0.15, -0.1) is 0 Å². The normalized spacial score (nSPS) is 11.4. The molecule has 0 amide bonds. The van der Waals surface area contributed by atoms with Crippen molar-refractivity contribution in [3.05, 3.63) is 52.5 Å². The zero-order valence-electron chi connectivity index (χ0n) is 12.2. The van der Waals surface area contributed by atoms with Crippen LogP contribution in [0.1, 0.15) is 23.9 Å². The number of nitrogens with zero attached hydrogens (tertiary/aromatic N) is 2. The fourth-order valence-electron chi connectivity index (χ4n) is 2.54. The van der Waals surface area contributed by atoms with Gasteiger partial charge >= 0.3 is 0 Å². The topological polar surface area (TPSA) is 43.0 Å². The lowest BCUT2D eigenvalue weighted by atomic mass is 10.2. The van der Waals surface area contributed by atoms with Crippen LogP contribution in [0.15, 0.2) is 35.0 Å². The molecule has 0 bridgehead atoms. The van der Waals surface area contributed by atoms with Gasteiger partial charge in [0.05, 0.1) is 12.1 Å². The monoisotopic (exact) mass is 303 g/mol. The van der Waals surface area contributed by atoms with Crippen LogP contribution in [0.5, 0.6) is 0 Å². The zero-order valence-corrected chi connectivity index (χ0v) is 12.9. The van der Waals surface area contributed by atoms with Crippen LogP contribution in [0, 0.1) is 6.92 Å². The van der Waals surface area contributed by atoms with Gasteiger partial charge in [-0.05, 0) is 31.2 Å². The Balaban J connectivity index is 2.01. The van der Waals surface area contributed by atoms with E-state index >= 15 is 0 Å². The highest BCUT2D eigenvalue weighted by molar-refractivity contribution is 6.31. The number of halogens is 1. The molecule has 0 aliphatic heterocycles. The third-order valence-corrected chi connectivity index (χ3v) is 3.74. The Morgan fingerprint density at radius 1 is 1.33 bits per heavy atom. The van der Waals surface area contributed by atoms with Gasteiger partial charge in [-0.1, -0.05) is 29.7 Å². The largest absolute Gasteiger partial charge is 0.361 e. The predicted octanol–water partition coefficient (Wildman–Crippen LogP) is 3.75. The Hall–Kier alpha value is -1.78. The summed E-state index contributed by atoms with van der Waals surface area (Å²) < 4.78 is 7.31. The number of aryl methyl sites for hydroxylation is 1. The number of aromatic nitrogens is 2. The standard InChI is InChI=1S/C16H18ClN3O/c1-3-18-8-12-9-20(10-14-6-11(2)21-19-14)16-7-13(17)4-5-15(12)16/h4-7,9,18H,3,8,10H2,1-2H3. The average molecular weight is 304 g/mol. The molecule has 1 aromatic carbocycles. The van der Waals surface area contributed by atoms with E-state index in [0.717, 1.165) is 35.1 Å². The second-order valence-electron chi connectivity index (χ2n) is 5.15. The van der Waals surface area contributed by atoms with E-state index in [0.29, 0.717) is 6.54 Å². The number of hydrogen-bond donors (Lipinski definition) is 1. The van der Waals surface area contributed by atoms with Crippen LogP contribution in [0.25, 0.3) is 10.9 Å². The molecule has 0 fully saturated rings. The van der Waals surface area contributed by atoms with E-state index in [1.54, 1.807) is 0 Å². The Kier molecular flexibility index (Phi) is 3.99. The van der Waals surface area contributed by atoms with Crippen LogP contribution in [-0.4, -0.2) is 16.3 Å². The summed E-state index contributed by atoms with van der Waals surface area (Å²) in [6.45, 7) is 6.48. The van der Waals surface area contributed by atoms with Crippen molar-refractivity contribution >= 4 is 22.5 Å². The van der Waals surface area contributed by atoms with E-state index in [4.69, 9.17) is 16.1 Å². The number of hydrogen-bond acceptors (Lipinski definition) is 3. The van der Waals surface area contributed by atoms with Crippen molar-refractivity contribution < 1.29 is 4.52 Å². The number of nitrogens with one attached hydrogen (secondary N) is 1. The highest BCUT2D eigenvalue weighted by Crippen LogP contribution is 2.25. The van der Waals surface area contributed by atoms with Crippen molar-refractivity contribution in [1.29, 1.82) is 0 Å². The van der Waals surface area contributed by atoms with Gasteiger partial charge in [0, 0.05) is 29.2 Å². The fraction of sp³-hybridized carbons (Fsp3) is 0.312. The van der Waals surface area contributed by atoms with Crippen molar-refractivity contribution in [2.45, 2.75) is 26.9 Å².